The van der Waals surface area contributed by atoms with Crippen molar-refractivity contribution in [2.24, 2.45) is 4.99 Å². The molecule has 0 bridgehead atoms. The van der Waals surface area contributed by atoms with E-state index >= 15 is 0 Å². The van der Waals surface area contributed by atoms with Crippen LogP contribution in [0.25, 0.3) is 0 Å². The molecule has 1 saturated heterocycles. The fourth-order valence-corrected chi connectivity index (χ4v) is 7.17. The number of carbonyl (C=O) groups is 1. The fraction of sp³-hybridized carbons (Fsp3) is 0.667. The summed E-state index contributed by atoms with van der Waals surface area (Å²) in [4.78, 5) is 26.1. The lowest BCUT2D eigenvalue weighted by molar-refractivity contribution is -0.143. The summed E-state index contributed by atoms with van der Waals surface area (Å²) in [5.41, 5.74) is 3.06. The summed E-state index contributed by atoms with van der Waals surface area (Å²) in [5, 5.41) is 1.11. The standard InChI is InChI=1S/C36H56N4O2S/c1-4-5-6-7-8-9-10-11-12-13-14-15-16-17-18-23-34(41)42-29-40-33-22-20-19-21-32(33)37-35(31-28-30(2)43-36(31)40)39-26-24-38(3)25-27-39/h19-22,28H,4-18,23-27,29H2,1-3H3. The smallest absolute Gasteiger partial charge is 0.307 e. The first-order chi connectivity index (χ1) is 21.1. The average molecular weight is 609 g/mol. The number of piperazine rings is 1. The molecule has 7 heteroatoms. The van der Waals surface area contributed by atoms with E-state index in [0.29, 0.717) is 6.42 Å². The highest BCUT2D eigenvalue weighted by Gasteiger charge is 2.30. The van der Waals surface area contributed by atoms with E-state index in [1.54, 1.807) is 11.3 Å². The van der Waals surface area contributed by atoms with Gasteiger partial charge in [-0.3, -0.25) is 9.69 Å². The predicted molar refractivity (Wildman–Crippen MR) is 183 cm³/mol. The molecule has 0 atom stereocenters. The van der Waals surface area contributed by atoms with Crippen molar-refractivity contribution in [1.29, 1.82) is 0 Å². The maximum absolute atomic E-state index is 12.8. The summed E-state index contributed by atoms with van der Waals surface area (Å²) < 4.78 is 5.90. The number of ether oxygens (including phenoxy) is 1. The first-order valence-electron chi connectivity index (χ1n) is 17.2. The summed E-state index contributed by atoms with van der Waals surface area (Å²) in [6, 6.07) is 10.5. The number of fused-ring (bicyclic) bond motifs is 2. The topological polar surface area (TPSA) is 48.4 Å². The van der Waals surface area contributed by atoms with E-state index in [9.17, 15) is 4.79 Å². The van der Waals surface area contributed by atoms with E-state index in [1.165, 1.54) is 88.3 Å². The molecule has 2 aliphatic heterocycles. The van der Waals surface area contributed by atoms with Crippen LogP contribution in [0.1, 0.15) is 120 Å². The zero-order chi connectivity index (χ0) is 30.3. The molecule has 0 saturated carbocycles. The summed E-state index contributed by atoms with van der Waals surface area (Å²) in [6.45, 7) is 8.62. The number of likely N-dealkylation sites (N-methyl/N-ethyl adjacent to an activating group) is 1. The molecule has 3 heterocycles. The Bertz CT molecular complexity index is 1140. The quantitative estimate of drug-likeness (QED) is 0.125. The second kappa shape index (κ2) is 18.4. The Kier molecular flexibility index (Phi) is 14.4. The van der Waals surface area contributed by atoms with Crippen LogP contribution in [0.5, 0.6) is 0 Å². The minimum Gasteiger partial charge on any atom is -0.444 e. The largest absolute Gasteiger partial charge is 0.444 e. The maximum atomic E-state index is 12.8. The number of unbranched alkanes of at least 4 members (excludes halogenated alkanes) is 14. The van der Waals surface area contributed by atoms with E-state index in [1.807, 2.05) is 12.1 Å². The van der Waals surface area contributed by atoms with Gasteiger partial charge in [0.15, 0.2) is 6.73 Å². The molecule has 238 valence electrons. The first-order valence-corrected chi connectivity index (χ1v) is 18.0. The van der Waals surface area contributed by atoms with Gasteiger partial charge >= 0.3 is 5.97 Å². The highest BCUT2D eigenvalue weighted by atomic mass is 32.1. The van der Waals surface area contributed by atoms with Crippen molar-refractivity contribution in [1.82, 2.24) is 9.80 Å². The number of hydrogen-bond acceptors (Lipinski definition) is 7. The van der Waals surface area contributed by atoms with Crippen molar-refractivity contribution in [3.8, 4) is 0 Å². The Hall–Kier alpha value is -2.38. The van der Waals surface area contributed by atoms with Gasteiger partial charge in [0.2, 0.25) is 0 Å². The Morgan fingerprint density at radius 1 is 0.837 bits per heavy atom. The van der Waals surface area contributed by atoms with Crippen LogP contribution >= 0.6 is 11.3 Å². The van der Waals surface area contributed by atoms with Gasteiger partial charge in [0.1, 0.15) is 10.8 Å². The minimum absolute atomic E-state index is 0.105. The van der Waals surface area contributed by atoms with Gasteiger partial charge in [-0.2, -0.15) is 0 Å². The highest BCUT2D eigenvalue weighted by Crippen LogP contribution is 2.44. The molecule has 43 heavy (non-hydrogen) atoms. The molecule has 0 N–H and O–H groups in total. The van der Waals surface area contributed by atoms with Crippen LogP contribution in [0, 0.1) is 6.92 Å². The summed E-state index contributed by atoms with van der Waals surface area (Å²) in [5.74, 6) is 0.929. The van der Waals surface area contributed by atoms with Gasteiger partial charge < -0.3 is 14.5 Å². The van der Waals surface area contributed by atoms with E-state index in [-0.39, 0.29) is 12.7 Å². The zero-order valence-electron chi connectivity index (χ0n) is 27.2. The van der Waals surface area contributed by atoms with Crippen molar-refractivity contribution in [2.45, 2.75) is 117 Å². The third-order valence-electron chi connectivity index (χ3n) is 8.86. The van der Waals surface area contributed by atoms with Crippen molar-refractivity contribution in [2.75, 3.05) is 44.9 Å². The van der Waals surface area contributed by atoms with Crippen LogP contribution < -0.4 is 4.90 Å². The molecule has 2 aromatic rings. The van der Waals surface area contributed by atoms with Gasteiger partial charge in [0.05, 0.1) is 16.9 Å². The molecule has 1 aromatic carbocycles. The van der Waals surface area contributed by atoms with E-state index in [0.717, 1.165) is 66.8 Å². The van der Waals surface area contributed by atoms with Crippen LogP contribution in [0.2, 0.25) is 0 Å². The van der Waals surface area contributed by atoms with E-state index in [4.69, 9.17) is 9.73 Å². The maximum Gasteiger partial charge on any atom is 0.307 e. The fourth-order valence-electron chi connectivity index (χ4n) is 6.17. The average Bonchev–Trinajstić information content (AvgIpc) is 3.34. The number of hydrogen-bond donors (Lipinski definition) is 0. The first kappa shape index (κ1) is 33.5. The molecule has 0 spiro atoms. The minimum atomic E-state index is -0.105. The Labute approximate surface area is 265 Å². The molecule has 0 amide bonds. The number of aryl methyl sites for hydroxylation is 1. The van der Waals surface area contributed by atoms with Gasteiger partial charge in [-0.25, -0.2) is 4.99 Å². The predicted octanol–water partition coefficient (Wildman–Crippen LogP) is 9.60. The number of para-hydroxylation sites is 2. The summed E-state index contributed by atoms with van der Waals surface area (Å²) in [7, 11) is 2.18. The number of carbonyl (C=O) groups excluding carboxylic acids is 1. The normalized spacial score (nSPS) is 15.2. The number of nitrogens with zero attached hydrogens (tertiary/aromatic N) is 4. The van der Waals surface area contributed by atoms with Gasteiger partial charge in [-0.15, -0.1) is 11.3 Å². The van der Waals surface area contributed by atoms with Crippen LogP contribution in [0.3, 0.4) is 0 Å². The molecule has 0 radical (unpaired) electrons. The van der Waals surface area contributed by atoms with Crippen LogP contribution in [0.4, 0.5) is 16.4 Å². The van der Waals surface area contributed by atoms with E-state index < -0.39 is 0 Å². The summed E-state index contributed by atoms with van der Waals surface area (Å²) >= 11 is 1.75. The van der Waals surface area contributed by atoms with Gasteiger partial charge in [-0.1, -0.05) is 109 Å². The Balaban J connectivity index is 1.17. The van der Waals surface area contributed by atoms with Crippen LogP contribution in [-0.2, 0) is 9.53 Å². The zero-order valence-corrected chi connectivity index (χ0v) is 28.1. The van der Waals surface area contributed by atoms with E-state index in [2.05, 4.69) is 53.8 Å². The van der Waals surface area contributed by atoms with Crippen molar-refractivity contribution >= 4 is 39.5 Å². The molecular formula is C36H56N4O2S. The second-order valence-electron chi connectivity index (χ2n) is 12.6. The lowest BCUT2D eigenvalue weighted by atomic mass is 10.0. The lowest BCUT2D eigenvalue weighted by Crippen LogP contribution is -2.47. The molecule has 2 aliphatic rings. The van der Waals surface area contributed by atoms with Gasteiger partial charge in [0.25, 0.3) is 0 Å². The van der Waals surface area contributed by atoms with Crippen molar-refractivity contribution < 1.29 is 9.53 Å². The SMILES string of the molecule is CCCCCCCCCCCCCCCCCC(=O)OCN1c2ccccc2N=C(N2CCN(C)CC2)c2cc(C)sc21. The molecule has 0 aliphatic carbocycles. The second-order valence-corrected chi connectivity index (χ2v) is 13.8. The number of aliphatic imine (C=N–C) groups is 1. The molecule has 1 aromatic heterocycles. The Morgan fingerprint density at radius 2 is 1.42 bits per heavy atom. The Morgan fingerprint density at radius 3 is 2.05 bits per heavy atom. The number of esters is 1. The molecule has 0 unspecified atom stereocenters. The number of thiophene rings is 1. The highest BCUT2D eigenvalue weighted by molar-refractivity contribution is 7.16. The van der Waals surface area contributed by atoms with Crippen molar-refractivity contribution in [3.05, 3.63) is 40.8 Å². The molecule has 1 fully saturated rings. The molecule has 4 rings (SSSR count). The monoisotopic (exact) mass is 608 g/mol. The number of amidine groups is 1. The van der Waals surface area contributed by atoms with Crippen LogP contribution in [-0.4, -0.2) is 61.6 Å². The number of rotatable bonds is 18. The lowest BCUT2D eigenvalue weighted by Gasteiger charge is -2.34. The number of anilines is 2. The molecule has 6 nitrogen and oxygen atoms in total. The summed E-state index contributed by atoms with van der Waals surface area (Å²) in [6.07, 6.45) is 20.3. The van der Waals surface area contributed by atoms with Gasteiger partial charge in [-0.05, 0) is 38.6 Å². The van der Waals surface area contributed by atoms with Crippen molar-refractivity contribution in [3.63, 3.8) is 0 Å². The number of benzene rings is 1. The van der Waals surface area contributed by atoms with Crippen LogP contribution in [0.15, 0.2) is 35.3 Å². The third kappa shape index (κ3) is 10.6. The van der Waals surface area contributed by atoms with Gasteiger partial charge in [0, 0.05) is 37.5 Å². The molecular weight excluding hydrogens is 552 g/mol. The third-order valence-corrected chi connectivity index (χ3v) is 9.94.